The Hall–Kier alpha value is -3.22. The number of methoxy groups -OCH3 is 1. The molecule has 1 saturated carbocycles. The number of hydroxylamine groups is 2. The average molecular weight is 724 g/mol. The van der Waals surface area contributed by atoms with Gasteiger partial charge < -0.3 is 35.4 Å². The minimum atomic E-state index is -0.812. The first-order valence-electron chi connectivity index (χ1n) is 18.8. The van der Waals surface area contributed by atoms with E-state index in [4.69, 9.17) is 9.57 Å². The van der Waals surface area contributed by atoms with E-state index in [9.17, 15) is 19.8 Å². The number of nitrogens with zero attached hydrogens (tertiary/aromatic N) is 3. The van der Waals surface area contributed by atoms with Crippen LogP contribution in [0.1, 0.15) is 83.1 Å². The summed E-state index contributed by atoms with van der Waals surface area (Å²) in [7, 11) is 9.53. The molecule has 11 heteroatoms. The van der Waals surface area contributed by atoms with Gasteiger partial charge in [0.15, 0.2) is 0 Å². The number of amides is 2. The molecule has 2 aromatic rings. The number of benzene rings is 2. The third-order valence-electron chi connectivity index (χ3n) is 10.6. The monoisotopic (exact) mass is 723 g/mol. The minimum absolute atomic E-state index is 0.0229. The molecule has 2 amide bonds. The second-order valence-electron chi connectivity index (χ2n) is 17.6. The summed E-state index contributed by atoms with van der Waals surface area (Å²) in [6, 6.07) is 10.8. The molecule has 290 valence electrons. The fourth-order valence-corrected chi connectivity index (χ4v) is 8.12. The highest BCUT2D eigenvalue weighted by Crippen LogP contribution is 2.40. The summed E-state index contributed by atoms with van der Waals surface area (Å²) in [4.78, 5) is 38.1. The summed E-state index contributed by atoms with van der Waals surface area (Å²) in [6.45, 7) is 13.5. The van der Waals surface area contributed by atoms with Crippen LogP contribution in [0.25, 0.3) is 11.1 Å². The number of aliphatic hydroxyl groups is 2. The van der Waals surface area contributed by atoms with Crippen LogP contribution in [-0.4, -0.2) is 111 Å². The lowest BCUT2D eigenvalue weighted by Gasteiger charge is -2.40. The topological polar surface area (TPSA) is 127 Å². The van der Waals surface area contributed by atoms with Gasteiger partial charge in [0.05, 0.1) is 26.9 Å². The Bertz CT molecular complexity index is 1520. The summed E-state index contributed by atoms with van der Waals surface area (Å²) < 4.78 is 6.06. The molecular formula is C41H65N5O6. The van der Waals surface area contributed by atoms with Crippen LogP contribution in [0.4, 0.5) is 5.69 Å². The fourth-order valence-electron chi connectivity index (χ4n) is 8.12. The van der Waals surface area contributed by atoms with Crippen LogP contribution in [-0.2, 0) is 16.2 Å². The van der Waals surface area contributed by atoms with Gasteiger partial charge in [0.2, 0.25) is 5.91 Å². The summed E-state index contributed by atoms with van der Waals surface area (Å²) in [6.07, 6.45) is 3.02. The lowest BCUT2D eigenvalue weighted by Crippen LogP contribution is -2.53. The SMILES string of the molecule is COc1c(CN2O[C@@H](CO)[C@@H](CO)[C@H]2C(=O)N[C@H]2CCC(C)(C)CC2C)cccc1-c1cc(C(=O)N[C@H](CN(C)C)CC(C)(C)C)cc(N(C)C)c1. The van der Waals surface area contributed by atoms with Crippen molar-refractivity contribution < 1.29 is 29.4 Å². The van der Waals surface area contributed by atoms with Crippen LogP contribution in [0.5, 0.6) is 5.75 Å². The van der Waals surface area contributed by atoms with Crippen molar-refractivity contribution in [3.05, 3.63) is 47.5 Å². The van der Waals surface area contributed by atoms with Crippen LogP contribution in [0.3, 0.4) is 0 Å². The molecule has 52 heavy (non-hydrogen) atoms. The zero-order valence-corrected chi connectivity index (χ0v) is 33.5. The number of para-hydroxylation sites is 1. The van der Waals surface area contributed by atoms with Crippen LogP contribution < -0.4 is 20.3 Å². The number of ether oxygens (including phenoxy) is 1. The van der Waals surface area contributed by atoms with Crippen molar-refractivity contribution in [1.29, 1.82) is 0 Å². The molecule has 0 aromatic heterocycles. The largest absolute Gasteiger partial charge is 0.496 e. The van der Waals surface area contributed by atoms with Crippen molar-refractivity contribution in [2.75, 3.05) is 60.0 Å². The number of anilines is 1. The molecule has 6 atom stereocenters. The van der Waals surface area contributed by atoms with Gasteiger partial charge in [0.25, 0.3) is 5.91 Å². The predicted octanol–water partition coefficient (Wildman–Crippen LogP) is 4.94. The quantitative estimate of drug-likeness (QED) is 0.215. The first-order chi connectivity index (χ1) is 24.4. The number of carbonyl (C=O) groups excluding carboxylic acids is 2. The van der Waals surface area contributed by atoms with Gasteiger partial charge in [-0.15, -0.1) is 0 Å². The molecule has 1 unspecified atom stereocenters. The zero-order chi connectivity index (χ0) is 38.5. The zero-order valence-electron chi connectivity index (χ0n) is 33.5. The standard InChI is InChI=1S/C41H65N5O6/c1-26-20-41(5,6)16-15-34(26)43-39(50)36-33(24-47)35(25-48)52-46(36)22-27-13-12-14-32(37(27)51-11)28-17-29(19-31(18-28)45(9)10)38(49)42-30(23-44(7)8)21-40(2,3)4/h12-14,17-19,26,30,33-36,47-48H,15-16,20-25H2,1-11H3,(H,42,49)(H,43,50)/t26?,30-,33+,34-,35-,36-/m0/s1. The summed E-state index contributed by atoms with van der Waals surface area (Å²) >= 11 is 0. The number of hydrogen-bond acceptors (Lipinski definition) is 9. The van der Waals surface area contributed by atoms with Gasteiger partial charge in [-0.3, -0.25) is 14.4 Å². The fraction of sp³-hybridized carbons (Fsp3) is 0.659. The number of likely N-dealkylation sites (N-methyl/N-ethyl adjacent to an activating group) is 1. The summed E-state index contributed by atoms with van der Waals surface area (Å²) in [5.74, 6) is -0.0703. The highest BCUT2D eigenvalue weighted by Gasteiger charge is 2.48. The van der Waals surface area contributed by atoms with Gasteiger partial charge >= 0.3 is 0 Å². The van der Waals surface area contributed by atoms with E-state index in [0.29, 0.717) is 17.2 Å². The van der Waals surface area contributed by atoms with E-state index in [1.165, 1.54) is 0 Å². The van der Waals surface area contributed by atoms with Crippen molar-refractivity contribution in [1.82, 2.24) is 20.6 Å². The smallest absolute Gasteiger partial charge is 0.251 e. The van der Waals surface area contributed by atoms with Crippen molar-refractivity contribution >= 4 is 17.5 Å². The highest BCUT2D eigenvalue weighted by molar-refractivity contribution is 5.97. The van der Waals surface area contributed by atoms with E-state index in [1.807, 2.05) is 69.5 Å². The Kier molecular flexibility index (Phi) is 13.8. The van der Waals surface area contributed by atoms with E-state index in [2.05, 4.69) is 57.1 Å². The summed E-state index contributed by atoms with van der Waals surface area (Å²) in [5.41, 5.74) is 4.04. The maximum absolute atomic E-state index is 14.0. The van der Waals surface area contributed by atoms with Gasteiger partial charge in [0, 0.05) is 61.0 Å². The van der Waals surface area contributed by atoms with Crippen molar-refractivity contribution in [3.8, 4) is 16.9 Å². The highest BCUT2D eigenvalue weighted by atomic mass is 16.7. The molecule has 1 aliphatic heterocycles. The molecule has 1 heterocycles. The van der Waals surface area contributed by atoms with Crippen LogP contribution >= 0.6 is 0 Å². The molecule has 2 fully saturated rings. The lowest BCUT2D eigenvalue weighted by molar-refractivity contribution is -0.182. The van der Waals surface area contributed by atoms with Gasteiger partial charge in [-0.25, -0.2) is 0 Å². The molecule has 0 bridgehead atoms. The van der Waals surface area contributed by atoms with Crippen LogP contribution in [0, 0.1) is 22.7 Å². The Morgan fingerprint density at radius 3 is 2.38 bits per heavy atom. The number of aliphatic hydroxyl groups excluding tert-OH is 2. The van der Waals surface area contributed by atoms with Gasteiger partial charge in [-0.2, -0.15) is 5.06 Å². The van der Waals surface area contributed by atoms with Crippen molar-refractivity contribution in [3.63, 3.8) is 0 Å². The molecule has 11 nitrogen and oxygen atoms in total. The van der Waals surface area contributed by atoms with Crippen molar-refractivity contribution in [2.24, 2.45) is 22.7 Å². The first-order valence-corrected chi connectivity index (χ1v) is 18.8. The Morgan fingerprint density at radius 2 is 1.81 bits per heavy atom. The van der Waals surface area contributed by atoms with Gasteiger partial charge in [0.1, 0.15) is 17.9 Å². The number of carbonyl (C=O) groups is 2. The maximum atomic E-state index is 14.0. The average Bonchev–Trinajstić information content (AvgIpc) is 3.41. The Balaban J connectivity index is 1.66. The molecule has 4 N–H and O–H groups in total. The third kappa shape index (κ3) is 10.5. The minimum Gasteiger partial charge on any atom is -0.496 e. The molecule has 1 aliphatic carbocycles. The molecule has 1 saturated heterocycles. The maximum Gasteiger partial charge on any atom is 0.251 e. The van der Waals surface area contributed by atoms with E-state index < -0.39 is 18.1 Å². The first kappa shape index (κ1) is 41.5. The lowest BCUT2D eigenvalue weighted by atomic mass is 9.70. The second kappa shape index (κ2) is 17.3. The normalized spacial score (nSPS) is 24.1. The molecule has 0 spiro atoms. The van der Waals surface area contributed by atoms with Crippen LogP contribution in [0.2, 0.25) is 0 Å². The third-order valence-corrected chi connectivity index (χ3v) is 10.6. The number of nitrogens with one attached hydrogen (secondary N) is 2. The molecule has 4 rings (SSSR count). The van der Waals surface area contributed by atoms with Crippen molar-refractivity contribution in [2.45, 2.75) is 98.0 Å². The van der Waals surface area contributed by atoms with E-state index in [0.717, 1.165) is 54.6 Å². The van der Waals surface area contributed by atoms with Crippen LogP contribution in [0.15, 0.2) is 36.4 Å². The molecule has 2 aliphatic rings. The summed E-state index contributed by atoms with van der Waals surface area (Å²) in [5, 5.41) is 28.8. The van der Waals surface area contributed by atoms with E-state index in [-0.39, 0.29) is 54.5 Å². The number of rotatable bonds is 14. The Morgan fingerprint density at radius 1 is 1.10 bits per heavy atom. The molecular weight excluding hydrogens is 658 g/mol. The van der Waals surface area contributed by atoms with E-state index >= 15 is 0 Å². The molecule has 2 aromatic carbocycles. The van der Waals surface area contributed by atoms with Gasteiger partial charge in [-0.05, 0) is 80.3 Å². The van der Waals surface area contributed by atoms with Gasteiger partial charge in [-0.1, -0.05) is 59.7 Å². The Labute approximate surface area is 312 Å². The second-order valence-corrected chi connectivity index (χ2v) is 17.6. The predicted molar refractivity (Wildman–Crippen MR) is 207 cm³/mol. The van der Waals surface area contributed by atoms with E-state index in [1.54, 1.807) is 12.2 Å². The molecule has 0 radical (unpaired) electrons. The number of hydrogen-bond donors (Lipinski definition) is 4.